The third-order valence-corrected chi connectivity index (χ3v) is 8.66. The number of aromatic nitrogens is 3. The van der Waals surface area contributed by atoms with Crippen LogP contribution in [-0.2, 0) is 31.6 Å². The van der Waals surface area contributed by atoms with Crippen LogP contribution < -0.4 is 5.73 Å². The Hall–Kier alpha value is -2.01. The number of hydrogen-bond donors (Lipinski definition) is 7. The molecule has 4 rings (SSSR count). The standard InChI is InChI=1S/C15H19N4O14P3/c16-13-10-7(8-2-1-3-29-8)4-19(14(10)18-6-17-13)15-12(21)11(20)9(31-15)5-30-35(25,26)33-36(27,28)32-34(22,23)24/h1-4,6,9,11-12,15,20-21H,5H2,(H,25,26)(H,27,28)(H2,16,17,18)(H2,22,23,24). The first-order valence-electron chi connectivity index (χ1n) is 9.62. The van der Waals surface area contributed by atoms with Crippen LogP contribution in [0.4, 0.5) is 5.82 Å². The van der Waals surface area contributed by atoms with Crippen molar-refractivity contribution in [3.8, 4) is 11.3 Å². The Morgan fingerprint density at radius 2 is 1.78 bits per heavy atom. The average molecular weight is 572 g/mol. The predicted octanol–water partition coefficient (Wildman–Crippen LogP) is 0.236. The summed E-state index contributed by atoms with van der Waals surface area (Å²) in [5.74, 6) is 0.472. The highest BCUT2D eigenvalue weighted by Crippen LogP contribution is 2.66. The maximum atomic E-state index is 12.0. The normalized spacial score (nSPS) is 26.2. The lowest BCUT2D eigenvalue weighted by molar-refractivity contribution is -0.0500. The maximum absolute atomic E-state index is 12.0. The van der Waals surface area contributed by atoms with Gasteiger partial charge in [-0.1, -0.05) is 0 Å². The van der Waals surface area contributed by atoms with Crippen molar-refractivity contribution >= 4 is 40.3 Å². The topological polar surface area (TPSA) is 279 Å². The Bertz CT molecular complexity index is 1390. The summed E-state index contributed by atoms with van der Waals surface area (Å²) >= 11 is 0. The molecule has 0 aliphatic carbocycles. The van der Waals surface area contributed by atoms with E-state index < -0.39 is 54.6 Å². The smallest absolute Gasteiger partial charge is 0.464 e. The zero-order valence-corrected chi connectivity index (χ0v) is 20.3. The highest BCUT2D eigenvalue weighted by atomic mass is 31.3. The fraction of sp³-hybridized carbons (Fsp3) is 0.333. The Kier molecular flexibility index (Phi) is 7.29. The molecule has 36 heavy (non-hydrogen) atoms. The van der Waals surface area contributed by atoms with E-state index in [1.165, 1.54) is 17.0 Å². The third kappa shape index (κ3) is 5.77. The van der Waals surface area contributed by atoms with Crippen LogP contribution in [0.2, 0.25) is 0 Å². The molecule has 21 heteroatoms. The second-order valence-corrected chi connectivity index (χ2v) is 11.7. The molecule has 1 aliphatic heterocycles. The number of rotatable bonds is 9. The number of phosphoric ester groups is 1. The molecule has 0 spiro atoms. The van der Waals surface area contributed by atoms with Gasteiger partial charge in [0.25, 0.3) is 0 Å². The summed E-state index contributed by atoms with van der Waals surface area (Å²) in [6.07, 6.45) is -2.10. The highest BCUT2D eigenvalue weighted by molar-refractivity contribution is 7.66. The van der Waals surface area contributed by atoms with Crippen LogP contribution in [0.3, 0.4) is 0 Å². The minimum Gasteiger partial charge on any atom is -0.464 e. The molecule has 0 radical (unpaired) electrons. The van der Waals surface area contributed by atoms with E-state index in [2.05, 4.69) is 23.1 Å². The van der Waals surface area contributed by atoms with Crippen molar-refractivity contribution in [2.24, 2.45) is 0 Å². The van der Waals surface area contributed by atoms with E-state index in [0.717, 1.165) is 6.33 Å². The van der Waals surface area contributed by atoms with E-state index in [1.807, 2.05) is 0 Å². The first-order chi connectivity index (χ1) is 16.7. The molecular formula is C15H19N4O14P3. The molecule has 1 saturated heterocycles. The quantitative estimate of drug-likeness (QED) is 0.169. The van der Waals surface area contributed by atoms with E-state index in [9.17, 15) is 33.7 Å². The molecular weight excluding hydrogens is 553 g/mol. The number of furan rings is 1. The SMILES string of the molecule is Nc1ncnc2c1c(-c1ccco1)cn2C1OC(COP(=O)(O)OP(=O)(O)OP(=O)(O)O)C(O)C1O. The minimum absolute atomic E-state index is 0.0856. The van der Waals surface area contributed by atoms with Crippen LogP contribution in [0.25, 0.3) is 22.4 Å². The van der Waals surface area contributed by atoms with E-state index in [-0.39, 0.29) is 11.5 Å². The number of phosphoric acid groups is 3. The summed E-state index contributed by atoms with van der Waals surface area (Å²) in [5, 5.41) is 21.3. The van der Waals surface area contributed by atoms with Gasteiger partial charge in [-0.3, -0.25) is 4.52 Å². The third-order valence-electron chi connectivity index (χ3n) is 4.85. The molecule has 0 amide bonds. The van der Waals surface area contributed by atoms with Gasteiger partial charge in [0.05, 0.1) is 18.3 Å². The second-order valence-electron chi connectivity index (χ2n) is 7.32. The number of hydrogen-bond acceptors (Lipinski definition) is 13. The average Bonchev–Trinajstić information content (AvgIpc) is 3.44. The molecule has 3 aromatic rings. The number of nitrogen functional groups attached to an aromatic ring is 1. The number of aliphatic hydroxyl groups excluding tert-OH is 2. The monoisotopic (exact) mass is 572 g/mol. The van der Waals surface area contributed by atoms with Gasteiger partial charge < -0.3 is 49.2 Å². The molecule has 0 aromatic carbocycles. The molecule has 0 saturated carbocycles. The summed E-state index contributed by atoms with van der Waals surface area (Å²) in [6, 6.07) is 3.26. The second kappa shape index (κ2) is 9.70. The molecule has 6 unspecified atom stereocenters. The van der Waals surface area contributed by atoms with E-state index in [0.29, 0.717) is 16.7 Å². The van der Waals surface area contributed by atoms with Crippen LogP contribution in [0.15, 0.2) is 35.3 Å². The van der Waals surface area contributed by atoms with Crippen LogP contribution in [-0.4, -0.2) is 69.2 Å². The fourth-order valence-electron chi connectivity index (χ4n) is 3.49. The van der Waals surface area contributed by atoms with E-state index >= 15 is 0 Å². The maximum Gasteiger partial charge on any atom is 0.490 e. The summed E-state index contributed by atoms with van der Waals surface area (Å²) < 4.78 is 58.2. The predicted molar refractivity (Wildman–Crippen MR) is 115 cm³/mol. The number of fused-ring (bicyclic) bond motifs is 1. The Labute approximate surface area is 200 Å². The van der Waals surface area contributed by atoms with Crippen molar-refractivity contribution in [3.05, 3.63) is 30.9 Å². The molecule has 6 atom stereocenters. The summed E-state index contributed by atoms with van der Waals surface area (Å²) in [4.78, 5) is 44.1. The fourth-order valence-corrected chi connectivity index (χ4v) is 6.52. The summed E-state index contributed by atoms with van der Waals surface area (Å²) in [7, 11) is -16.8. The molecule has 1 fully saturated rings. The molecule has 4 heterocycles. The van der Waals surface area contributed by atoms with Gasteiger partial charge in [-0.15, -0.1) is 0 Å². The van der Waals surface area contributed by atoms with Gasteiger partial charge in [0.2, 0.25) is 0 Å². The Morgan fingerprint density at radius 1 is 1.06 bits per heavy atom. The van der Waals surface area contributed by atoms with Gasteiger partial charge in [-0.2, -0.15) is 8.62 Å². The van der Waals surface area contributed by atoms with Gasteiger partial charge >= 0.3 is 23.5 Å². The summed E-state index contributed by atoms with van der Waals surface area (Å²) in [5.41, 5.74) is 6.63. The first-order valence-corrected chi connectivity index (χ1v) is 14.1. The van der Waals surface area contributed by atoms with Gasteiger partial charge in [0.15, 0.2) is 6.23 Å². The van der Waals surface area contributed by atoms with Gasteiger partial charge in [-0.05, 0) is 12.1 Å². The van der Waals surface area contributed by atoms with Crippen LogP contribution in [0, 0.1) is 0 Å². The lowest BCUT2D eigenvalue weighted by Crippen LogP contribution is -2.33. The minimum atomic E-state index is -5.73. The van der Waals surface area contributed by atoms with E-state index in [1.54, 1.807) is 12.1 Å². The van der Waals surface area contributed by atoms with Crippen LogP contribution in [0.5, 0.6) is 0 Å². The number of anilines is 1. The first kappa shape index (κ1) is 27.0. The number of aliphatic hydroxyl groups is 2. The lowest BCUT2D eigenvalue weighted by atomic mass is 10.1. The number of nitrogens with two attached hydrogens (primary N) is 1. The van der Waals surface area contributed by atoms with Crippen molar-refractivity contribution in [3.63, 3.8) is 0 Å². The van der Waals surface area contributed by atoms with Gasteiger partial charge in [0, 0.05) is 11.8 Å². The molecule has 198 valence electrons. The van der Waals surface area contributed by atoms with Crippen molar-refractivity contribution in [2.75, 3.05) is 12.3 Å². The Morgan fingerprint density at radius 3 is 2.42 bits per heavy atom. The van der Waals surface area contributed by atoms with Crippen LogP contribution >= 0.6 is 23.5 Å². The highest BCUT2D eigenvalue weighted by Gasteiger charge is 2.47. The van der Waals surface area contributed by atoms with Crippen LogP contribution in [0.1, 0.15) is 6.23 Å². The number of ether oxygens (including phenoxy) is 1. The zero-order chi connectivity index (χ0) is 26.5. The van der Waals surface area contributed by atoms with Crippen molar-refractivity contribution in [2.45, 2.75) is 24.5 Å². The molecule has 0 bridgehead atoms. The summed E-state index contributed by atoms with van der Waals surface area (Å²) in [6.45, 7) is -0.972. The number of nitrogens with zero attached hydrogens (tertiary/aromatic N) is 3. The molecule has 18 nitrogen and oxygen atoms in total. The largest absolute Gasteiger partial charge is 0.490 e. The van der Waals surface area contributed by atoms with E-state index in [4.69, 9.17) is 24.7 Å². The van der Waals surface area contributed by atoms with Gasteiger partial charge in [0.1, 0.15) is 41.9 Å². The van der Waals surface area contributed by atoms with Crippen molar-refractivity contribution in [1.29, 1.82) is 0 Å². The lowest BCUT2D eigenvalue weighted by Gasteiger charge is -2.19. The molecule has 3 aromatic heterocycles. The van der Waals surface area contributed by atoms with Gasteiger partial charge in [-0.25, -0.2) is 23.7 Å². The van der Waals surface area contributed by atoms with Crippen molar-refractivity contribution in [1.82, 2.24) is 14.5 Å². The molecule has 8 N–H and O–H groups in total. The molecule has 1 aliphatic rings. The Balaban J connectivity index is 1.54. The van der Waals surface area contributed by atoms with Crippen molar-refractivity contribution < 1.29 is 65.8 Å². The zero-order valence-electron chi connectivity index (χ0n) is 17.6.